The second-order valence-corrected chi connectivity index (χ2v) is 3.88. The zero-order valence-electron chi connectivity index (χ0n) is 9.48. The third kappa shape index (κ3) is 3.24. The Labute approximate surface area is 97.7 Å². The third-order valence-corrected chi connectivity index (χ3v) is 2.22. The van der Waals surface area contributed by atoms with Gasteiger partial charge >= 0.3 is 5.97 Å². The second kappa shape index (κ2) is 5.38. The highest BCUT2D eigenvalue weighted by molar-refractivity contribution is 5.96. The molecule has 1 amide bonds. The summed E-state index contributed by atoms with van der Waals surface area (Å²) in [6, 6.07) is 1.60. The van der Waals surface area contributed by atoms with Gasteiger partial charge in [0.2, 0.25) is 5.95 Å². The summed E-state index contributed by atoms with van der Waals surface area (Å²) in [4.78, 5) is 25.8. The minimum atomic E-state index is -1.15. The van der Waals surface area contributed by atoms with Crippen molar-refractivity contribution in [1.29, 1.82) is 0 Å². The van der Waals surface area contributed by atoms with E-state index in [1.54, 1.807) is 13.8 Å². The Kier molecular flexibility index (Phi) is 4.14. The van der Waals surface area contributed by atoms with Crippen LogP contribution in [0.15, 0.2) is 18.3 Å². The van der Waals surface area contributed by atoms with Crippen LogP contribution in [0.1, 0.15) is 24.2 Å². The molecule has 2 N–H and O–H groups in total. The number of carbonyl (C=O) groups is 2. The SMILES string of the molecule is CC(C)C(NC(=O)c1cccnc1F)C(=O)O. The van der Waals surface area contributed by atoms with E-state index in [9.17, 15) is 14.0 Å². The highest BCUT2D eigenvalue weighted by Crippen LogP contribution is 2.06. The first kappa shape index (κ1) is 13.1. The van der Waals surface area contributed by atoms with Crippen LogP contribution in [0.2, 0.25) is 0 Å². The van der Waals surface area contributed by atoms with Gasteiger partial charge in [0.1, 0.15) is 6.04 Å². The Hall–Kier alpha value is -1.98. The Morgan fingerprint density at radius 2 is 2.12 bits per heavy atom. The van der Waals surface area contributed by atoms with Crippen LogP contribution >= 0.6 is 0 Å². The van der Waals surface area contributed by atoms with Gasteiger partial charge in [-0.15, -0.1) is 0 Å². The maximum absolute atomic E-state index is 13.2. The van der Waals surface area contributed by atoms with Gasteiger partial charge in [0.15, 0.2) is 0 Å². The molecule has 0 radical (unpaired) electrons. The number of hydrogen-bond donors (Lipinski definition) is 2. The van der Waals surface area contributed by atoms with Crippen molar-refractivity contribution in [2.75, 3.05) is 0 Å². The van der Waals surface area contributed by atoms with Crippen molar-refractivity contribution in [3.8, 4) is 0 Å². The minimum Gasteiger partial charge on any atom is -0.480 e. The molecule has 0 aliphatic carbocycles. The molecule has 1 heterocycles. The molecular weight excluding hydrogens is 227 g/mol. The van der Waals surface area contributed by atoms with Crippen molar-refractivity contribution in [2.45, 2.75) is 19.9 Å². The quantitative estimate of drug-likeness (QED) is 0.771. The maximum Gasteiger partial charge on any atom is 0.326 e. The number of carboxylic acid groups (broad SMARTS) is 1. The number of aliphatic carboxylic acids is 1. The number of amides is 1. The van der Waals surface area contributed by atoms with Crippen LogP contribution < -0.4 is 5.32 Å². The van der Waals surface area contributed by atoms with Gasteiger partial charge in [-0.25, -0.2) is 9.78 Å². The summed E-state index contributed by atoms with van der Waals surface area (Å²) < 4.78 is 13.2. The molecule has 0 saturated carbocycles. The van der Waals surface area contributed by atoms with Gasteiger partial charge in [-0.1, -0.05) is 13.8 Å². The average molecular weight is 240 g/mol. The Bertz CT molecular complexity index is 434. The zero-order chi connectivity index (χ0) is 13.0. The minimum absolute atomic E-state index is 0.264. The van der Waals surface area contributed by atoms with Crippen LogP contribution in [0.25, 0.3) is 0 Å². The number of rotatable bonds is 4. The second-order valence-electron chi connectivity index (χ2n) is 3.88. The van der Waals surface area contributed by atoms with Crippen molar-refractivity contribution in [3.05, 3.63) is 29.8 Å². The van der Waals surface area contributed by atoms with Crippen LogP contribution in [0.3, 0.4) is 0 Å². The molecule has 1 unspecified atom stereocenters. The first-order valence-electron chi connectivity index (χ1n) is 5.07. The van der Waals surface area contributed by atoms with Gasteiger partial charge < -0.3 is 10.4 Å². The van der Waals surface area contributed by atoms with E-state index in [2.05, 4.69) is 10.3 Å². The van der Waals surface area contributed by atoms with Crippen LogP contribution in [-0.4, -0.2) is 28.0 Å². The number of aromatic nitrogens is 1. The lowest BCUT2D eigenvalue weighted by molar-refractivity contribution is -0.140. The molecule has 0 aliphatic rings. The number of nitrogens with zero attached hydrogens (tertiary/aromatic N) is 1. The summed E-state index contributed by atoms with van der Waals surface area (Å²) in [5.41, 5.74) is -0.264. The lowest BCUT2D eigenvalue weighted by atomic mass is 10.0. The molecule has 5 nitrogen and oxygen atoms in total. The van der Waals surface area contributed by atoms with Gasteiger partial charge in [0, 0.05) is 6.20 Å². The number of pyridine rings is 1. The van der Waals surface area contributed by atoms with E-state index in [4.69, 9.17) is 5.11 Å². The summed E-state index contributed by atoms with van der Waals surface area (Å²) in [5.74, 6) is -3.15. The highest BCUT2D eigenvalue weighted by Gasteiger charge is 2.25. The summed E-state index contributed by atoms with van der Waals surface area (Å²) in [7, 11) is 0. The van der Waals surface area contributed by atoms with Gasteiger partial charge in [0.05, 0.1) is 5.56 Å². The molecule has 1 rings (SSSR count). The van der Waals surface area contributed by atoms with Gasteiger partial charge in [0.25, 0.3) is 5.91 Å². The van der Waals surface area contributed by atoms with Gasteiger partial charge in [-0.05, 0) is 18.1 Å². The number of halogens is 1. The van der Waals surface area contributed by atoms with E-state index >= 15 is 0 Å². The summed E-state index contributed by atoms with van der Waals surface area (Å²) >= 11 is 0. The predicted molar refractivity (Wildman–Crippen MR) is 57.9 cm³/mol. The van der Waals surface area contributed by atoms with Gasteiger partial charge in [-0.3, -0.25) is 4.79 Å². The predicted octanol–water partition coefficient (Wildman–Crippen LogP) is 1.06. The van der Waals surface area contributed by atoms with E-state index in [0.29, 0.717) is 0 Å². The standard InChI is InChI=1S/C11H13FN2O3/c1-6(2)8(11(16)17)14-10(15)7-4-3-5-13-9(7)12/h3-6,8H,1-2H3,(H,14,15)(H,16,17). The Morgan fingerprint density at radius 1 is 1.47 bits per heavy atom. The van der Waals surface area contributed by atoms with E-state index in [1.165, 1.54) is 18.3 Å². The Morgan fingerprint density at radius 3 is 2.59 bits per heavy atom. The van der Waals surface area contributed by atoms with Crippen LogP contribution in [-0.2, 0) is 4.79 Å². The molecule has 0 aliphatic heterocycles. The number of nitrogens with one attached hydrogen (secondary N) is 1. The van der Waals surface area contributed by atoms with Crippen molar-refractivity contribution in [2.24, 2.45) is 5.92 Å². The molecule has 1 aromatic rings. The van der Waals surface area contributed by atoms with E-state index in [-0.39, 0.29) is 11.5 Å². The first-order chi connectivity index (χ1) is 7.93. The molecular formula is C11H13FN2O3. The van der Waals surface area contributed by atoms with Crippen LogP contribution in [0.5, 0.6) is 0 Å². The smallest absolute Gasteiger partial charge is 0.326 e. The molecule has 0 aromatic carbocycles. The average Bonchev–Trinajstić information content (AvgIpc) is 2.25. The lowest BCUT2D eigenvalue weighted by Crippen LogP contribution is -2.44. The molecule has 1 aromatic heterocycles. The largest absolute Gasteiger partial charge is 0.480 e. The molecule has 0 fully saturated rings. The molecule has 0 bridgehead atoms. The molecule has 0 saturated heterocycles. The first-order valence-corrected chi connectivity index (χ1v) is 5.07. The topological polar surface area (TPSA) is 79.3 Å². The van der Waals surface area contributed by atoms with Crippen molar-refractivity contribution in [3.63, 3.8) is 0 Å². The van der Waals surface area contributed by atoms with E-state index in [1.807, 2.05) is 0 Å². The highest BCUT2D eigenvalue weighted by atomic mass is 19.1. The summed E-state index contributed by atoms with van der Waals surface area (Å²) in [5, 5.41) is 11.1. The van der Waals surface area contributed by atoms with Crippen molar-refractivity contribution in [1.82, 2.24) is 10.3 Å². The third-order valence-electron chi connectivity index (χ3n) is 2.22. The molecule has 6 heteroatoms. The Balaban J connectivity index is 2.85. The molecule has 92 valence electrons. The van der Waals surface area contributed by atoms with Gasteiger partial charge in [-0.2, -0.15) is 4.39 Å². The number of carboxylic acids is 1. The fraction of sp³-hybridized carbons (Fsp3) is 0.364. The van der Waals surface area contributed by atoms with Crippen molar-refractivity contribution < 1.29 is 19.1 Å². The molecule has 1 atom stereocenters. The van der Waals surface area contributed by atoms with E-state index in [0.717, 1.165) is 0 Å². The normalized spacial score (nSPS) is 12.2. The van der Waals surface area contributed by atoms with E-state index < -0.39 is 23.9 Å². The fourth-order valence-corrected chi connectivity index (χ4v) is 1.29. The maximum atomic E-state index is 13.2. The molecule has 0 spiro atoms. The summed E-state index contributed by atoms with van der Waals surface area (Å²) in [6.07, 6.45) is 1.21. The number of hydrogen-bond acceptors (Lipinski definition) is 3. The number of carbonyl (C=O) groups excluding carboxylic acids is 1. The van der Waals surface area contributed by atoms with Crippen LogP contribution in [0, 0.1) is 11.9 Å². The lowest BCUT2D eigenvalue weighted by Gasteiger charge is -2.17. The molecule has 17 heavy (non-hydrogen) atoms. The fourth-order valence-electron chi connectivity index (χ4n) is 1.29. The zero-order valence-corrected chi connectivity index (χ0v) is 9.48. The summed E-state index contributed by atoms with van der Waals surface area (Å²) in [6.45, 7) is 3.30. The van der Waals surface area contributed by atoms with Crippen molar-refractivity contribution >= 4 is 11.9 Å². The monoisotopic (exact) mass is 240 g/mol. The van der Waals surface area contributed by atoms with Crippen LogP contribution in [0.4, 0.5) is 4.39 Å².